The van der Waals surface area contributed by atoms with Crippen LogP contribution in [0.3, 0.4) is 0 Å². The predicted octanol–water partition coefficient (Wildman–Crippen LogP) is 1.57. The first kappa shape index (κ1) is 12.2. The van der Waals surface area contributed by atoms with Gasteiger partial charge in [0.15, 0.2) is 0 Å². The van der Waals surface area contributed by atoms with Crippen LogP contribution in [0, 0.1) is 0 Å². The molecule has 1 N–H and O–H groups in total. The molecule has 2 fully saturated rings. The highest BCUT2D eigenvalue weighted by Crippen LogP contribution is 2.28. The molecule has 1 aliphatic carbocycles. The van der Waals surface area contributed by atoms with Gasteiger partial charge in [0.2, 0.25) is 0 Å². The van der Waals surface area contributed by atoms with E-state index in [2.05, 4.69) is 22.3 Å². The summed E-state index contributed by atoms with van der Waals surface area (Å²) >= 11 is 0. The summed E-state index contributed by atoms with van der Waals surface area (Å²) in [4.78, 5) is 17.1. The lowest BCUT2D eigenvalue weighted by molar-refractivity contribution is 0.0627. The van der Waals surface area contributed by atoms with Crippen LogP contribution in [-0.4, -0.2) is 54.5 Å². The lowest BCUT2D eigenvalue weighted by atomic mass is 10.1. The van der Waals surface area contributed by atoms with Crippen molar-refractivity contribution in [3.63, 3.8) is 0 Å². The number of benzene rings is 1. The molecule has 4 nitrogen and oxygen atoms in total. The molecule has 2 aliphatic heterocycles. The molecule has 2 heterocycles. The van der Waals surface area contributed by atoms with Crippen molar-refractivity contribution in [1.29, 1.82) is 0 Å². The van der Waals surface area contributed by atoms with E-state index >= 15 is 0 Å². The van der Waals surface area contributed by atoms with Crippen molar-refractivity contribution < 1.29 is 4.79 Å². The Bertz CT molecular complexity index is 531. The van der Waals surface area contributed by atoms with Crippen LogP contribution >= 0.6 is 0 Å². The van der Waals surface area contributed by atoms with Gasteiger partial charge in [-0.15, -0.1) is 0 Å². The van der Waals surface area contributed by atoms with E-state index in [9.17, 15) is 4.79 Å². The topological polar surface area (TPSA) is 35.6 Å². The molecule has 0 atom stereocenters. The molecule has 1 saturated carbocycles. The highest BCUT2D eigenvalue weighted by Gasteiger charge is 2.32. The third kappa shape index (κ3) is 2.18. The lowest BCUT2D eigenvalue weighted by Crippen LogP contribution is -2.49. The van der Waals surface area contributed by atoms with Gasteiger partial charge in [0.1, 0.15) is 0 Å². The molecular weight excluding hydrogens is 250 g/mol. The Kier molecular flexibility index (Phi) is 2.91. The number of carbonyl (C=O) groups excluding carboxylic acids is 1. The lowest BCUT2D eigenvalue weighted by Gasteiger charge is -2.34. The summed E-state index contributed by atoms with van der Waals surface area (Å²) in [5, 5.41) is 3.34. The second-order valence-corrected chi connectivity index (χ2v) is 6.11. The van der Waals surface area contributed by atoms with Gasteiger partial charge in [0.25, 0.3) is 5.91 Å². The third-order valence-corrected chi connectivity index (χ3v) is 4.73. The number of anilines is 1. The van der Waals surface area contributed by atoms with E-state index < -0.39 is 0 Å². The first-order valence-corrected chi connectivity index (χ1v) is 7.71. The number of fused-ring (bicyclic) bond motifs is 1. The van der Waals surface area contributed by atoms with Gasteiger partial charge in [-0.3, -0.25) is 9.69 Å². The number of rotatable bonds is 2. The largest absolute Gasteiger partial charge is 0.384 e. The zero-order valence-corrected chi connectivity index (χ0v) is 11.8. The van der Waals surface area contributed by atoms with Crippen LogP contribution in [0.2, 0.25) is 0 Å². The zero-order chi connectivity index (χ0) is 13.5. The summed E-state index contributed by atoms with van der Waals surface area (Å²) in [5.74, 6) is 0.204. The smallest absolute Gasteiger partial charge is 0.253 e. The van der Waals surface area contributed by atoms with Crippen LogP contribution in [0.15, 0.2) is 18.2 Å². The van der Waals surface area contributed by atoms with Gasteiger partial charge < -0.3 is 10.2 Å². The summed E-state index contributed by atoms with van der Waals surface area (Å²) in [5.41, 5.74) is 3.33. The summed E-state index contributed by atoms with van der Waals surface area (Å²) in [6, 6.07) is 6.91. The molecule has 1 amide bonds. The van der Waals surface area contributed by atoms with Crippen molar-refractivity contribution in [2.75, 3.05) is 38.0 Å². The van der Waals surface area contributed by atoms with Crippen LogP contribution in [-0.2, 0) is 6.42 Å². The molecule has 106 valence electrons. The van der Waals surface area contributed by atoms with E-state index in [1.165, 1.54) is 24.1 Å². The van der Waals surface area contributed by atoms with E-state index in [0.717, 1.165) is 50.7 Å². The van der Waals surface area contributed by atoms with Gasteiger partial charge in [-0.2, -0.15) is 0 Å². The number of amides is 1. The van der Waals surface area contributed by atoms with Gasteiger partial charge in [-0.1, -0.05) is 0 Å². The molecule has 0 spiro atoms. The number of nitrogens with zero attached hydrogens (tertiary/aromatic N) is 2. The average molecular weight is 271 g/mol. The summed E-state index contributed by atoms with van der Waals surface area (Å²) in [7, 11) is 0. The average Bonchev–Trinajstić information content (AvgIpc) is 3.24. The minimum atomic E-state index is 0.204. The summed E-state index contributed by atoms with van der Waals surface area (Å²) in [6.45, 7) is 4.84. The minimum absolute atomic E-state index is 0.204. The first-order valence-electron chi connectivity index (χ1n) is 7.71. The maximum absolute atomic E-state index is 12.6. The monoisotopic (exact) mass is 271 g/mol. The number of piperazine rings is 1. The van der Waals surface area contributed by atoms with Crippen molar-refractivity contribution >= 4 is 11.6 Å². The Morgan fingerprint density at radius 1 is 1.15 bits per heavy atom. The fourth-order valence-corrected chi connectivity index (χ4v) is 3.35. The Hall–Kier alpha value is -1.55. The molecule has 20 heavy (non-hydrogen) atoms. The van der Waals surface area contributed by atoms with E-state index in [0.29, 0.717) is 0 Å². The number of hydrogen-bond donors (Lipinski definition) is 1. The van der Waals surface area contributed by atoms with E-state index in [4.69, 9.17) is 0 Å². The second-order valence-electron chi connectivity index (χ2n) is 6.11. The van der Waals surface area contributed by atoms with Gasteiger partial charge in [-0.05, 0) is 43.0 Å². The summed E-state index contributed by atoms with van der Waals surface area (Å²) in [6.07, 6.45) is 3.74. The van der Waals surface area contributed by atoms with Gasteiger partial charge in [0, 0.05) is 50.0 Å². The normalized spacial score (nSPS) is 22.5. The number of nitrogens with one attached hydrogen (secondary N) is 1. The quantitative estimate of drug-likeness (QED) is 0.887. The van der Waals surface area contributed by atoms with E-state index in [1.807, 2.05) is 11.0 Å². The van der Waals surface area contributed by atoms with Crippen molar-refractivity contribution in [2.45, 2.75) is 25.3 Å². The second kappa shape index (κ2) is 4.77. The SMILES string of the molecule is O=C(c1ccc2c(c1)CCN2)N1CCN(C2CC2)CC1. The van der Waals surface area contributed by atoms with E-state index in [-0.39, 0.29) is 5.91 Å². The first-order chi connectivity index (χ1) is 9.81. The Labute approximate surface area is 119 Å². The molecule has 4 heteroatoms. The highest BCUT2D eigenvalue weighted by molar-refractivity contribution is 5.95. The van der Waals surface area contributed by atoms with Gasteiger partial charge in [-0.25, -0.2) is 0 Å². The molecule has 1 aromatic carbocycles. The van der Waals surface area contributed by atoms with Crippen LogP contribution in [0.5, 0.6) is 0 Å². The van der Waals surface area contributed by atoms with E-state index in [1.54, 1.807) is 0 Å². The Balaban J connectivity index is 1.44. The van der Waals surface area contributed by atoms with Crippen molar-refractivity contribution in [2.24, 2.45) is 0 Å². The molecule has 1 aromatic rings. The van der Waals surface area contributed by atoms with Crippen LogP contribution < -0.4 is 5.32 Å². The van der Waals surface area contributed by atoms with Crippen LogP contribution in [0.4, 0.5) is 5.69 Å². The molecule has 1 saturated heterocycles. The Morgan fingerprint density at radius 3 is 2.70 bits per heavy atom. The fourth-order valence-electron chi connectivity index (χ4n) is 3.35. The predicted molar refractivity (Wildman–Crippen MR) is 79.1 cm³/mol. The maximum Gasteiger partial charge on any atom is 0.253 e. The molecule has 0 unspecified atom stereocenters. The third-order valence-electron chi connectivity index (χ3n) is 4.73. The Morgan fingerprint density at radius 2 is 1.95 bits per heavy atom. The molecule has 0 radical (unpaired) electrons. The highest BCUT2D eigenvalue weighted by atomic mass is 16.2. The maximum atomic E-state index is 12.6. The standard InChI is InChI=1S/C16H21N3O/c20-16(13-1-4-15-12(11-13)5-6-17-15)19-9-7-18(8-10-19)14-2-3-14/h1,4,11,14,17H,2-3,5-10H2. The van der Waals surface area contributed by atoms with Gasteiger partial charge in [0.05, 0.1) is 0 Å². The molecule has 4 rings (SSSR count). The number of carbonyl (C=O) groups is 1. The van der Waals surface area contributed by atoms with Crippen molar-refractivity contribution in [3.8, 4) is 0 Å². The van der Waals surface area contributed by atoms with Crippen LogP contribution in [0.1, 0.15) is 28.8 Å². The molecule has 0 bridgehead atoms. The molecule has 3 aliphatic rings. The molecular formula is C16H21N3O. The minimum Gasteiger partial charge on any atom is -0.384 e. The molecule has 0 aromatic heterocycles. The van der Waals surface area contributed by atoms with Crippen molar-refractivity contribution in [3.05, 3.63) is 29.3 Å². The van der Waals surface area contributed by atoms with Crippen LogP contribution in [0.25, 0.3) is 0 Å². The van der Waals surface area contributed by atoms with Crippen molar-refractivity contribution in [1.82, 2.24) is 9.80 Å². The zero-order valence-electron chi connectivity index (χ0n) is 11.8. The number of hydrogen-bond acceptors (Lipinski definition) is 3. The summed E-state index contributed by atoms with van der Waals surface area (Å²) < 4.78 is 0. The fraction of sp³-hybridized carbons (Fsp3) is 0.562. The van der Waals surface area contributed by atoms with Gasteiger partial charge >= 0.3 is 0 Å².